The maximum absolute atomic E-state index is 11.8. The van der Waals surface area contributed by atoms with Gasteiger partial charge in [-0.15, -0.1) is 0 Å². The summed E-state index contributed by atoms with van der Waals surface area (Å²) in [7, 11) is 1.61. The average molecular weight is 354 g/mol. The Morgan fingerprint density at radius 1 is 1.08 bits per heavy atom. The van der Waals surface area contributed by atoms with Gasteiger partial charge in [0.1, 0.15) is 5.75 Å². The number of rotatable bonds is 7. The lowest BCUT2D eigenvalue weighted by Crippen LogP contribution is -2.12. The molecule has 2 aromatic carbocycles. The summed E-state index contributed by atoms with van der Waals surface area (Å²) in [5.41, 5.74) is 4.37. The molecular weight excluding hydrogens is 324 g/mol. The zero-order valence-corrected chi connectivity index (χ0v) is 16.5. The summed E-state index contributed by atoms with van der Waals surface area (Å²) in [6.45, 7) is 9.36. The lowest BCUT2D eigenvalue weighted by molar-refractivity contribution is -0.116. The van der Waals surface area contributed by atoms with E-state index in [1.165, 1.54) is 11.1 Å². The van der Waals surface area contributed by atoms with Crippen molar-refractivity contribution in [3.63, 3.8) is 0 Å². The number of anilines is 2. The number of amides is 1. The van der Waals surface area contributed by atoms with Gasteiger partial charge in [0.15, 0.2) is 0 Å². The SMILES string of the molecule is CCCC(=O)Nc1ccc(NCc2ccc(C(C)(C)C)cc2)cc1OC. The first-order valence-corrected chi connectivity index (χ1v) is 9.14. The molecule has 26 heavy (non-hydrogen) atoms. The maximum atomic E-state index is 11.8. The van der Waals surface area contributed by atoms with E-state index < -0.39 is 0 Å². The van der Waals surface area contributed by atoms with Gasteiger partial charge in [-0.25, -0.2) is 0 Å². The fourth-order valence-corrected chi connectivity index (χ4v) is 2.67. The monoisotopic (exact) mass is 354 g/mol. The summed E-state index contributed by atoms with van der Waals surface area (Å²) in [5.74, 6) is 0.660. The van der Waals surface area contributed by atoms with E-state index in [0.717, 1.165) is 18.7 Å². The van der Waals surface area contributed by atoms with E-state index in [0.29, 0.717) is 17.9 Å². The van der Waals surface area contributed by atoms with E-state index in [9.17, 15) is 4.79 Å². The second-order valence-electron chi connectivity index (χ2n) is 7.51. The van der Waals surface area contributed by atoms with Crippen molar-refractivity contribution >= 4 is 17.3 Å². The third-order valence-corrected chi connectivity index (χ3v) is 4.27. The Morgan fingerprint density at radius 3 is 2.35 bits per heavy atom. The van der Waals surface area contributed by atoms with Crippen LogP contribution in [-0.2, 0) is 16.8 Å². The second-order valence-corrected chi connectivity index (χ2v) is 7.51. The number of hydrogen-bond acceptors (Lipinski definition) is 3. The Balaban J connectivity index is 2.02. The van der Waals surface area contributed by atoms with Crippen LogP contribution in [0.4, 0.5) is 11.4 Å². The van der Waals surface area contributed by atoms with Crippen LogP contribution in [0, 0.1) is 0 Å². The summed E-state index contributed by atoms with van der Waals surface area (Å²) >= 11 is 0. The Bertz CT molecular complexity index is 731. The normalized spacial score (nSPS) is 11.1. The van der Waals surface area contributed by atoms with Gasteiger partial charge in [0.05, 0.1) is 12.8 Å². The number of hydrogen-bond donors (Lipinski definition) is 2. The van der Waals surface area contributed by atoms with Crippen LogP contribution in [0.1, 0.15) is 51.7 Å². The third-order valence-electron chi connectivity index (χ3n) is 4.27. The Labute approximate surface area is 157 Å². The smallest absolute Gasteiger partial charge is 0.224 e. The van der Waals surface area contributed by atoms with Crippen molar-refractivity contribution in [2.75, 3.05) is 17.7 Å². The largest absolute Gasteiger partial charge is 0.494 e. The van der Waals surface area contributed by atoms with E-state index in [1.807, 2.05) is 25.1 Å². The van der Waals surface area contributed by atoms with Crippen LogP contribution in [-0.4, -0.2) is 13.0 Å². The third kappa shape index (κ3) is 5.51. The van der Waals surface area contributed by atoms with Crippen molar-refractivity contribution < 1.29 is 9.53 Å². The molecule has 0 heterocycles. The highest BCUT2D eigenvalue weighted by Crippen LogP contribution is 2.28. The molecule has 0 radical (unpaired) electrons. The topological polar surface area (TPSA) is 50.4 Å². The predicted molar refractivity (Wildman–Crippen MR) is 109 cm³/mol. The number of ether oxygens (including phenoxy) is 1. The molecule has 2 aromatic rings. The van der Waals surface area contributed by atoms with E-state index in [-0.39, 0.29) is 11.3 Å². The average Bonchev–Trinajstić information content (AvgIpc) is 2.60. The quantitative estimate of drug-likeness (QED) is 0.705. The van der Waals surface area contributed by atoms with Crippen molar-refractivity contribution in [3.05, 3.63) is 53.6 Å². The van der Waals surface area contributed by atoms with Crippen LogP contribution in [0.15, 0.2) is 42.5 Å². The van der Waals surface area contributed by atoms with E-state index in [4.69, 9.17) is 4.74 Å². The number of nitrogens with one attached hydrogen (secondary N) is 2. The van der Waals surface area contributed by atoms with Gasteiger partial charge in [0.25, 0.3) is 0 Å². The van der Waals surface area contributed by atoms with Gasteiger partial charge >= 0.3 is 0 Å². The minimum atomic E-state index is 0.00504. The van der Waals surface area contributed by atoms with Gasteiger partial charge in [-0.1, -0.05) is 52.0 Å². The molecule has 0 unspecified atom stereocenters. The Morgan fingerprint density at radius 2 is 1.77 bits per heavy atom. The fraction of sp³-hybridized carbons (Fsp3) is 0.409. The molecule has 0 aliphatic heterocycles. The molecule has 4 heteroatoms. The van der Waals surface area contributed by atoms with Gasteiger partial charge in [0.2, 0.25) is 5.91 Å². The highest BCUT2D eigenvalue weighted by Gasteiger charge is 2.13. The molecule has 0 saturated carbocycles. The molecule has 0 bridgehead atoms. The van der Waals surface area contributed by atoms with Crippen LogP contribution in [0.3, 0.4) is 0 Å². The highest BCUT2D eigenvalue weighted by atomic mass is 16.5. The van der Waals surface area contributed by atoms with Gasteiger partial charge in [-0.3, -0.25) is 4.79 Å². The summed E-state index contributed by atoms with van der Waals surface area (Å²) < 4.78 is 5.42. The summed E-state index contributed by atoms with van der Waals surface area (Å²) in [4.78, 5) is 11.8. The molecule has 2 rings (SSSR count). The zero-order valence-electron chi connectivity index (χ0n) is 16.5. The van der Waals surface area contributed by atoms with Crippen molar-refractivity contribution in [1.82, 2.24) is 0 Å². The first kappa shape index (κ1) is 19.8. The van der Waals surface area contributed by atoms with E-state index >= 15 is 0 Å². The number of carbonyl (C=O) groups excluding carboxylic acids is 1. The van der Waals surface area contributed by atoms with Crippen LogP contribution < -0.4 is 15.4 Å². The molecule has 2 N–H and O–H groups in total. The van der Waals surface area contributed by atoms with E-state index in [1.54, 1.807) is 7.11 Å². The molecule has 0 aliphatic rings. The molecule has 140 valence electrons. The van der Waals surface area contributed by atoms with E-state index in [2.05, 4.69) is 55.7 Å². The summed E-state index contributed by atoms with van der Waals surface area (Å²) in [6.07, 6.45) is 1.33. The minimum Gasteiger partial charge on any atom is -0.494 e. The Kier molecular flexibility index (Phi) is 6.67. The molecule has 0 atom stereocenters. The highest BCUT2D eigenvalue weighted by molar-refractivity contribution is 5.92. The number of methoxy groups -OCH3 is 1. The second kappa shape index (κ2) is 8.75. The molecular formula is C22H30N2O2. The molecule has 0 spiro atoms. The van der Waals surface area contributed by atoms with Crippen molar-refractivity contribution in [2.45, 2.75) is 52.5 Å². The van der Waals surface area contributed by atoms with Crippen LogP contribution in [0.2, 0.25) is 0 Å². The number of carbonyl (C=O) groups is 1. The molecule has 0 fully saturated rings. The number of benzene rings is 2. The summed E-state index contributed by atoms with van der Waals surface area (Å²) in [6, 6.07) is 14.4. The predicted octanol–water partition coefficient (Wildman–Crippen LogP) is 5.34. The lowest BCUT2D eigenvalue weighted by atomic mass is 9.87. The standard InChI is InChI=1S/C22H30N2O2/c1-6-7-21(25)24-19-13-12-18(14-20(19)26-5)23-15-16-8-10-17(11-9-16)22(2,3)4/h8-14,23H,6-7,15H2,1-5H3,(H,24,25). The first-order valence-electron chi connectivity index (χ1n) is 9.14. The van der Waals surface area contributed by atoms with Gasteiger partial charge in [-0.2, -0.15) is 0 Å². The van der Waals surface area contributed by atoms with Gasteiger partial charge in [-0.05, 0) is 35.1 Å². The Hall–Kier alpha value is -2.49. The van der Waals surface area contributed by atoms with Crippen molar-refractivity contribution in [2.24, 2.45) is 0 Å². The minimum absolute atomic E-state index is 0.00504. The molecule has 0 saturated heterocycles. The summed E-state index contributed by atoms with van der Waals surface area (Å²) in [5, 5.41) is 6.30. The van der Waals surface area contributed by atoms with Crippen LogP contribution in [0.5, 0.6) is 5.75 Å². The molecule has 0 aliphatic carbocycles. The zero-order chi connectivity index (χ0) is 19.2. The maximum Gasteiger partial charge on any atom is 0.224 e. The fourth-order valence-electron chi connectivity index (χ4n) is 2.67. The molecule has 4 nitrogen and oxygen atoms in total. The van der Waals surface area contributed by atoms with Gasteiger partial charge in [0, 0.05) is 24.7 Å². The van der Waals surface area contributed by atoms with Gasteiger partial charge < -0.3 is 15.4 Å². The molecule has 1 amide bonds. The van der Waals surface area contributed by atoms with Crippen molar-refractivity contribution in [1.29, 1.82) is 0 Å². The van der Waals surface area contributed by atoms with Crippen LogP contribution >= 0.6 is 0 Å². The van der Waals surface area contributed by atoms with Crippen molar-refractivity contribution in [3.8, 4) is 5.75 Å². The lowest BCUT2D eigenvalue weighted by Gasteiger charge is -2.19. The first-order chi connectivity index (χ1) is 12.3. The van der Waals surface area contributed by atoms with Crippen LogP contribution in [0.25, 0.3) is 0 Å². The molecule has 0 aromatic heterocycles.